The summed E-state index contributed by atoms with van der Waals surface area (Å²) in [5.74, 6) is -2.40. The van der Waals surface area contributed by atoms with Crippen LogP contribution in [0.25, 0.3) is 0 Å². The van der Waals surface area contributed by atoms with Crippen molar-refractivity contribution < 1.29 is 80.2 Å². The number of phosphoric acid groups is 2. The number of unbranched alkanes of at least 4 members (excludes halogenated alkanes) is 22. The second kappa shape index (κ2) is 75.9. The first kappa shape index (κ1) is 98.7. The van der Waals surface area contributed by atoms with Crippen molar-refractivity contribution in [3.8, 4) is 0 Å². The lowest BCUT2D eigenvalue weighted by Crippen LogP contribution is -2.30. The summed E-state index contributed by atoms with van der Waals surface area (Å²) in [5, 5.41) is 10.6. The molecular formula is C85H140O17P2. The summed E-state index contributed by atoms with van der Waals surface area (Å²) in [4.78, 5) is 72.9. The summed E-state index contributed by atoms with van der Waals surface area (Å²) in [6, 6.07) is 0. The van der Waals surface area contributed by atoms with Crippen LogP contribution in [0.5, 0.6) is 0 Å². The maximum atomic E-state index is 13.1. The maximum absolute atomic E-state index is 13.1. The molecule has 0 aromatic heterocycles. The molecule has 3 N–H and O–H groups in total. The number of ether oxygens (including phenoxy) is 4. The standard InChI is InChI=1S/C85H140O17P2/c1-5-9-13-17-21-25-29-33-37-38-39-40-44-46-50-54-58-62-66-70-83(88)96-76-81(102-85(90)72-68-64-60-56-52-48-43-36-32-28-24-20-16-12-8-4)78-100-104(93,94)98-74-79(86)73-97-103(91,92)99-77-80(101-84(89)71-67-63-59-55-51-47-42-35-31-27-23-19-15-11-7-3)75-95-82(87)69-65-61-57-53-49-45-41-34-30-26-22-18-14-10-6-2/h10,12,14,16,21-22,24-26,28,33-37,39-43,49,52-53,56,64,68,79-81,86H,5-9,11,13,15,17-20,23,27,29-32,38,44-48,50-51,54-55,57-63,65-67,69-78H2,1-4H3,(H,91,92)(H,93,94)/b14-10-,16-12-,25-21-,26-22-,28-24-,37-33-,40-39-,41-34-,42-35-,43-36-,53-49-,56-52-,68-64-. The SMILES string of the molecule is CC/C=C\C/C=C\C/C=C\C/C=C\C/C=C\CC(=O)OC(COC(=O)CCCCCCCC/C=C\C/C=C\C/C=C\CCCCC)COP(=O)(O)OCC(O)COP(=O)(O)OCC(COC(=O)CCCC/C=C\C/C=C\C/C=C\C/C=C\CC)OC(=O)CCCCCCC/C=C\CCCCCCCC. The number of hydrogen-bond acceptors (Lipinski definition) is 15. The van der Waals surface area contributed by atoms with Crippen LogP contribution in [-0.2, 0) is 65.4 Å². The molecule has 592 valence electrons. The van der Waals surface area contributed by atoms with Gasteiger partial charge >= 0.3 is 39.5 Å². The van der Waals surface area contributed by atoms with Crippen molar-refractivity contribution in [1.29, 1.82) is 0 Å². The third kappa shape index (κ3) is 74.9. The van der Waals surface area contributed by atoms with Crippen LogP contribution in [0, 0.1) is 0 Å². The Morgan fingerprint density at radius 3 is 0.904 bits per heavy atom. The Balaban J connectivity index is 5.48. The zero-order chi connectivity index (χ0) is 76.0. The molecule has 0 bridgehead atoms. The Bertz CT molecular complexity index is 2590. The summed E-state index contributed by atoms with van der Waals surface area (Å²) in [5.41, 5.74) is 0. The average molecular weight is 1500 g/mol. The molecule has 0 fully saturated rings. The van der Waals surface area contributed by atoms with E-state index in [0.717, 1.165) is 161 Å². The zero-order valence-electron chi connectivity index (χ0n) is 64.6. The van der Waals surface area contributed by atoms with Crippen molar-refractivity contribution in [1.82, 2.24) is 0 Å². The van der Waals surface area contributed by atoms with Crippen LogP contribution in [0.4, 0.5) is 0 Å². The summed E-state index contributed by atoms with van der Waals surface area (Å²) >= 11 is 0. The highest BCUT2D eigenvalue weighted by Gasteiger charge is 2.30. The van der Waals surface area contributed by atoms with Crippen LogP contribution in [0.2, 0.25) is 0 Å². The normalized spacial score (nSPS) is 14.7. The molecule has 0 saturated heterocycles. The van der Waals surface area contributed by atoms with E-state index in [1.165, 1.54) is 57.8 Å². The first-order valence-corrected chi connectivity index (χ1v) is 42.7. The predicted molar refractivity (Wildman–Crippen MR) is 427 cm³/mol. The number of carbonyl (C=O) groups excluding carboxylic acids is 4. The first-order chi connectivity index (χ1) is 50.7. The van der Waals surface area contributed by atoms with E-state index in [1.54, 1.807) is 12.2 Å². The van der Waals surface area contributed by atoms with E-state index in [2.05, 4.69) is 161 Å². The minimum absolute atomic E-state index is 0.0689. The van der Waals surface area contributed by atoms with E-state index in [0.29, 0.717) is 25.7 Å². The number of allylic oxidation sites excluding steroid dienone is 25. The summed E-state index contributed by atoms with van der Waals surface area (Å²) in [6.45, 7) is 4.42. The smallest absolute Gasteiger partial charge is 0.462 e. The topological polar surface area (TPSA) is 237 Å². The zero-order valence-corrected chi connectivity index (χ0v) is 66.4. The fourth-order valence-electron chi connectivity index (χ4n) is 9.99. The monoisotopic (exact) mass is 1490 g/mol. The van der Waals surface area contributed by atoms with Crippen LogP contribution in [0.3, 0.4) is 0 Å². The molecular weight excluding hydrogens is 1350 g/mol. The van der Waals surface area contributed by atoms with Gasteiger partial charge in [-0.1, -0.05) is 276 Å². The van der Waals surface area contributed by atoms with Crippen molar-refractivity contribution in [2.45, 2.75) is 316 Å². The van der Waals surface area contributed by atoms with Gasteiger partial charge in [-0.15, -0.1) is 0 Å². The minimum atomic E-state index is -5.01. The molecule has 5 unspecified atom stereocenters. The van der Waals surface area contributed by atoms with Gasteiger partial charge in [-0.25, -0.2) is 9.13 Å². The maximum Gasteiger partial charge on any atom is 0.472 e. The van der Waals surface area contributed by atoms with Crippen molar-refractivity contribution in [3.05, 3.63) is 158 Å². The lowest BCUT2D eigenvalue weighted by molar-refractivity contribution is -0.161. The lowest BCUT2D eigenvalue weighted by atomic mass is 10.1. The van der Waals surface area contributed by atoms with Gasteiger partial charge in [0.15, 0.2) is 12.2 Å². The Morgan fingerprint density at radius 2 is 0.538 bits per heavy atom. The highest BCUT2D eigenvalue weighted by Crippen LogP contribution is 2.45. The minimum Gasteiger partial charge on any atom is -0.462 e. The van der Waals surface area contributed by atoms with Gasteiger partial charge in [0, 0.05) is 19.3 Å². The fourth-order valence-corrected chi connectivity index (χ4v) is 11.6. The van der Waals surface area contributed by atoms with E-state index >= 15 is 0 Å². The number of aliphatic hydroxyl groups is 1. The van der Waals surface area contributed by atoms with Gasteiger partial charge in [-0.2, -0.15) is 0 Å². The molecule has 5 atom stereocenters. The van der Waals surface area contributed by atoms with Crippen LogP contribution in [0.15, 0.2) is 158 Å². The first-order valence-electron chi connectivity index (χ1n) is 39.7. The Morgan fingerprint density at radius 1 is 0.288 bits per heavy atom. The largest absolute Gasteiger partial charge is 0.472 e. The van der Waals surface area contributed by atoms with Crippen LogP contribution in [0.1, 0.15) is 297 Å². The second-order valence-electron chi connectivity index (χ2n) is 25.9. The Labute approximate surface area is 629 Å². The molecule has 17 nitrogen and oxygen atoms in total. The van der Waals surface area contributed by atoms with Crippen LogP contribution in [-0.4, -0.2) is 96.7 Å². The molecule has 104 heavy (non-hydrogen) atoms. The third-order valence-electron chi connectivity index (χ3n) is 16.0. The molecule has 0 rings (SSSR count). The number of rotatable bonds is 73. The molecule has 19 heteroatoms. The molecule has 0 radical (unpaired) electrons. The van der Waals surface area contributed by atoms with Gasteiger partial charge < -0.3 is 33.8 Å². The van der Waals surface area contributed by atoms with Gasteiger partial charge in [0.2, 0.25) is 0 Å². The molecule has 0 amide bonds. The van der Waals surface area contributed by atoms with Gasteiger partial charge in [0.05, 0.1) is 32.8 Å². The van der Waals surface area contributed by atoms with E-state index in [9.17, 15) is 43.2 Å². The van der Waals surface area contributed by atoms with Crippen molar-refractivity contribution >= 4 is 39.5 Å². The van der Waals surface area contributed by atoms with Gasteiger partial charge in [-0.3, -0.25) is 37.3 Å². The molecule has 0 heterocycles. The number of esters is 4. The Kier molecular flexibility index (Phi) is 72.0. The summed E-state index contributed by atoms with van der Waals surface area (Å²) < 4.78 is 68.4. The van der Waals surface area contributed by atoms with Crippen molar-refractivity contribution in [2.24, 2.45) is 0 Å². The average Bonchev–Trinajstić information content (AvgIpc) is 0.999. The van der Waals surface area contributed by atoms with Gasteiger partial charge in [0.25, 0.3) is 0 Å². The number of phosphoric ester groups is 2. The van der Waals surface area contributed by atoms with E-state index in [4.69, 9.17) is 37.0 Å². The van der Waals surface area contributed by atoms with E-state index in [1.807, 2.05) is 12.2 Å². The molecule has 0 aliphatic heterocycles. The van der Waals surface area contributed by atoms with Gasteiger partial charge in [-0.05, 0) is 154 Å². The Hall–Kier alpha value is -5.32. The van der Waals surface area contributed by atoms with Crippen molar-refractivity contribution in [2.75, 3.05) is 39.6 Å². The van der Waals surface area contributed by atoms with E-state index < -0.39 is 97.5 Å². The molecule has 0 aromatic rings. The van der Waals surface area contributed by atoms with Crippen LogP contribution >= 0.6 is 15.6 Å². The molecule has 0 saturated carbocycles. The van der Waals surface area contributed by atoms with Gasteiger partial charge in [0.1, 0.15) is 19.3 Å². The molecule has 0 spiro atoms. The predicted octanol–water partition coefficient (Wildman–Crippen LogP) is 23.2. The number of aliphatic hydroxyl groups excluding tert-OH is 1. The summed E-state index contributed by atoms with van der Waals surface area (Å²) in [6.07, 6.45) is 88.3. The highest BCUT2D eigenvalue weighted by molar-refractivity contribution is 7.47. The highest BCUT2D eigenvalue weighted by atomic mass is 31.2. The van der Waals surface area contributed by atoms with Crippen LogP contribution < -0.4 is 0 Å². The van der Waals surface area contributed by atoms with Crippen molar-refractivity contribution in [3.63, 3.8) is 0 Å². The number of carbonyl (C=O) groups is 4. The number of hydrogen-bond donors (Lipinski definition) is 3. The fraction of sp³-hybridized carbons (Fsp3) is 0.647. The molecule has 0 aliphatic carbocycles. The molecule has 0 aromatic carbocycles. The second-order valence-corrected chi connectivity index (χ2v) is 28.8. The summed E-state index contributed by atoms with van der Waals surface area (Å²) in [7, 11) is -10.0. The third-order valence-corrected chi connectivity index (χ3v) is 17.9. The molecule has 0 aliphatic rings. The lowest BCUT2D eigenvalue weighted by Gasteiger charge is -2.21. The van der Waals surface area contributed by atoms with E-state index in [-0.39, 0.29) is 25.7 Å². The quantitative estimate of drug-likeness (QED) is 0.0169.